The van der Waals surface area contributed by atoms with Crippen molar-refractivity contribution in [3.63, 3.8) is 0 Å². The molecule has 0 fully saturated rings. The van der Waals surface area contributed by atoms with Crippen molar-refractivity contribution in [2.45, 2.75) is 6.10 Å². The Kier molecular flexibility index (Phi) is 5.84. The van der Waals surface area contributed by atoms with Crippen LogP contribution in [0.5, 0.6) is 5.75 Å². The van der Waals surface area contributed by atoms with Gasteiger partial charge in [0.1, 0.15) is 5.75 Å². The number of aromatic nitrogens is 2. The molecule has 6 nitrogen and oxygen atoms in total. The second-order valence-corrected chi connectivity index (χ2v) is 7.18. The predicted octanol–water partition coefficient (Wildman–Crippen LogP) is 4.66. The van der Waals surface area contributed by atoms with E-state index in [1.165, 1.54) is 23.1 Å². The molecule has 0 amide bonds. The van der Waals surface area contributed by atoms with Gasteiger partial charge in [0.2, 0.25) is 5.78 Å². The number of Topliss-reactive ketones (excluding diaryl/α,β-unsaturated/α-hetero) is 1. The van der Waals surface area contributed by atoms with Gasteiger partial charge in [0.25, 0.3) is 6.10 Å². The van der Waals surface area contributed by atoms with Crippen molar-refractivity contribution in [3.05, 3.63) is 74.9 Å². The number of hydrogen-bond donors (Lipinski definition) is 1. The molecule has 2 aromatic carbocycles. The molecule has 9 heteroatoms. The smallest absolute Gasteiger partial charge is 0.353 e. The van der Waals surface area contributed by atoms with E-state index >= 15 is 0 Å². The van der Waals surface area contributed by atoms with Crippen molar-refractivity contribution < 1.29 is 19.4 Å². The quantitative estimate of drug-likeness (QED) is 0.419. The van der Waals surface area contributed by atoms with Crippen LogP contribution in [0, 0.1) is 0 Å². The highest BCUT2D eigenvalue weighted by atomic mass is 79.9. The highest BCUT2D eigenvalue weighted by Gasteiger charge is 2.30. The number of ketones is 1. The van der Waals surface area contributed by atoms with Gasteiger partial charge in [0, 0.05) is 15.7 Å². The molecule has 0 aliphatic rings. The zero-order valence-corrected chi connectivity index (χ0v) is 16.6. The number of nitrogens with zero attached hydrogens (tertiary/aromatic N) is 2. The normalized spacial score (nSPS) is 11.8. The van der Waals surface area contributed by atoms with Gasteiger partial charge in [0.05, 0.1) is 22.5 Å². The molecule has 3 aromatic rings. The molecule has 0 saturated carbocycles. The van der Waals surface area contributed by atoms with Gasteiger partial charge in [-0.15, -0.1) is 0 Å². The summed E-state index contributed by atoms with van der Waals surface area (Å²) in [6, 6.07) is 11.3. The predicted molar refractivity (Wildman–Crippen MR) is 104 cm³/mol. The third-order valence-corrected chi connectivity index (χ3v) is 4.62. The average Bonchev–Trinajstić information content (AvgIpc) is 3.10. The van der Waals surface area contributed by atoms with E-state index in [9.17, 15) is 14.7 Å². The number of carbonyl (C=O) groups is 2. The summed E-state index contributed by atoms with van der Waals surface area (Å²) >= 11 is 15.3. The lowest BCUT2D eigenvalue weighted by molar-refractivity contribution is -0.142. The van der Waals surface area contributed by atoms with E-state index in [0.717, 1.165) is 4.47 Å². The van der Waals surface area contributed by atoms with Gasteiger partial charge >= 0.3 is 5.97 Å². The van der Waals surface area contributed by atoms with E-state index < -0.39 is 17.9 Å². The maximum absolute atomic E-state index is 12.6. The third kappa shape index (κ3) is 4.50. The summed E-state index contributed by atoms with van der Waals surface area (Å²) in [4.78, 5) is 24.2. The minimum Gasteiger partial charge on any atom is -0.478 e. The summed E-state index contributed by atoms with van der Waals surface area (Å²) in [5, 5.41) is 14.3. The Morgan fingerprint density at radius 3 is 2.48 bits per heavy atom. The van der Waals surface area contributed by atoms with E-state index in [0.29, 0.717) is 15.7 Å². The van der Waals surface area contributed by atoms with Crippen LogP contribution in [0.2, 0.25) is 10.0 Å². The molecule has 0 aliphatic heterocycles. The standard InChI is InChI=1S/C18H11BrCl2N2O4/c19-11-1-4-13(5-2-11)27-17(18(25)26)16(24)10-8-22-23(9-10)15-6-3-12(20)7-14(15)21/h1-9,17H,(H,25,26). The molecule has 0 bridgehead atoms. The Hall–Kier alpha value is -2.35. The van der Waals surface area contributed by atoms with Crippen LogP contribution in [0.1, 0.15) is 10.4 Å². The van der Waals surface area contributed by atoms with Crippen LogP contribution in [-0.2, 0) is 4.79 Å². The van der Waals surface area contributed by atoms with Crippen LogP contribution in [0.3, 0.4) is 0 Å². The minimum atomic E-state index is -1.70. The molecule has 0 radical (unpaired) electrons. The fraction of sp³-hybridized carbons (Fsp3) is 0.0556. The molecule has 0 spiro atoms. The van der Waals surface area contributed by atoms with Crippen LogP contribution in [0.25, 0.3) is 5.69 Å². The zero-order chi connectivity index (χ0) is 19.6. The molecule has 27 heavy (non-hydrogen) atoms. The molecular weight excluding hydrogens is 459 g/mol. The van der Waals surface area contributed by atoms with Crippen molar-refractivity contribution in [1.82, 2.24) is 9.78 Å². The van der Waals surface area contributed by atoms with Crippen molar-refractivity contribution >= 4 is 50.9 Å². The Morgan fingerprint density at radius 1 is 1.15 bits per heavy atom. The number of carboxylic acids is 1. The van der Waals surface area contributed by atoms with Gasteiger partial charge in [-0.3, -0.25) is 4.79 Å². The maximum Gasteiger partial charge on any atom is 0.353 e. The summed E-state index contributed by atoms with van der Waals surface area (Å²) in [6.45, 7) is 0. The number of carboxylic acid groups (broad SMARTS) is 1. The fourth-order valence-electron chi connectivity index (χ4n) is 2.27. The molecule has 1 heterocycles. The van der Waals surface area contributed by atoms with Crippen LogP contribution in [0.15, 0.2) is 59.3 Å². The van der Waals surface area contributed by atoms with Crippen LogP contribution >= 0.6 is 39.1 Å². The summed E-state index contributed by atoms with van der Waals surface area (Å²) in [6.07, 6.45) is 0.941. The summed E-state index contributed by atoms with van der Waals surface area (Å²) in [5.74, 6) is -1.88. The molecule has 1 aromatic heterocycles. The summed E-state index contributed by atoms with van der Waals surface area (Å²) in [5.41, 5.74) is 0.575. The third-order valence-electron chi connectivity index (χ3n) is 3.55. The monoisotopic (exact) mass is 468 g/mol. The molecule has 0 saturated heterocycles. The number of halogens is 3. The van der Waals surface area contributed by atoms with E-state index in [2.05, 4.69) is 21.0 Å². The summed E-state index contributed by atoms with van der Waals surface area (Å²) < 4.78 is 7.52. The Balaban J connectivity index is 1.85. The molecular formula is C18H11BrCl2N2O4. The Labute approximate surface area is 172 Å². The number of hydrogen-bond acceptors (Lipinski definition) is 4. The topological polar surface area (TPSA) is 81.4 Å². The van der Waals surface area contributed by atoms with Crippen molar-refractivity contribution in [2.75, 3.05) is 0 Å². The van der Waals surface area contributed by atoms with E-state index in [-0.39, 0.29) is 11.3 Å². The van der Waals surface area contributed by atoms with Crippen LogP contribution in [-0.4, -0.2) is 32.7 Å². The zero-order valence-electron chi connectivity index (χ0n) is 13.5. The van der Waals surface area contributed by atoms with Crippen molar-refractivity contribution in [1.29, 1.82) is 0 Å². The average molecular weight is 470 g/mol. The molecule has 138 valence electrons. The van der Waals surface area contributed by atoms with Crippen molar-refractivity contribution in [3.8, 4) is 11.4 Å². The minimum absolute atomic E-state index is 0.0746. The molecule has 1 unspecified atom stereocenters. The maximum atomic E-state index is 12.6. The first-order chi connectivity index (χ1) is 12.8. The first-order valence-electron chi connectivity index (χ1n) is 7.54. The van der Waals surface area contributed by atoms with Gasteiger partial charge in [-0.2, -0.15) is 5.10 Å². The number of carbonyl (C=O) groups excluding carboxylic acids is 1. The lowest BCUT2D eigenvalue weighted by Crippen LogP contribution is -2.35. The molecule has 0 aliphatic carbocycles. The van der Waals surface area contributed by atoms with Gasteiger partial charge in [-0.05, 0) is 42.5 Å². The van der Waals surface area contributed by atoms with E-state index in [4.69, 9.17) is 27.9 Å². The SMILES string of the molecule is O=C(O)C(Oc1ccc(Br)cc1)C(=O)c1cnn(-c2ccc(Cl)cc2Cl)c1. The second kappa shape index (κ2) is 8.12. The number of ether oxygens (including phenoxy) is 1. The van der Waals surface area contributed by atoms with Gasteiger partial charge < -0.3 is 9.84 Å². The van der Waals surface area contributed by atoms with Gasteiger partial charge in [-0.25, -0.2) is 9.48 Å². The highest BCUT2D eigenvalue weighted by molar-refractivity contribution is 9.10. The second-order valence-electron chi connectivity index (χ2n) is 5.42. The molecule has 1 N–H and O–H groups in total. The number of rotatable bonds is 6. The largest absolute Gasteiger partial charge is 0.478 e. The highest BCUT2D eigenvalue weighted by Crippen LogP contribution is 2.24. The Bertz CT molecular complexity index is 1000. The van der Waals surface area contributed by atoms with E-state index in [1.807, 2.05) is 0 Å². The fourth-order valence-corrected chi connectivity index (χ4v) is 3.02. The number of benzene rings is 2. The first-order valence-corrected chi connectivity index (χ1v) is 9.09. The van der Waals surface area contributed by atoms with Gasteiger partial charge in [-0.1, -0.05) is 39.1 Å². The molecule has 3 rings (SSSR count). The summed E-state index contributed by atoms with van der Waals surface area (Å²) in [7, 11) is 0. The lowest BCUT2D eigenvalue weighted by atomic mass is 10.1. The van der Waals surface area contributed by atoms with E-state index in [1.54, 1.807) is 36.4 Å². The Morgan fingerprint density at radius 2 is 1.85 bits per heavy atom. The number of aliphatic carboxylic acids is 1. The lowest BCUT2D eigenvalue weighted by Gasteiger charge is -2.13. The van der Waals surface area contributed by atoms with Crippen LogP contribution < -0.4 is 4.74 Å². The van der Waals surface area contributed by atoms with Crippen molar-refractivity contribution in [2.24, 2.45) is 0 Å². The first kappa shape index (κ1) is 19.4. The van der Waals surface area contributed by atoms with Crippen LogP contribution in [0.4, 0.5) is 0 Å². The van der Waals surface area contributed by atoms with Gasteiger partial charge in [0.15, 0.2) is 0 Å². The molecule has 1 atom stereocenters.